The van der Waals surface area contributed by atoms with Crippen LogP contribution in [0.4, 0.5) is 4.39 Å². The molecule has 1 aromatic rings. The molecule has 0 saturated carbocycles. The fourth-order valence-electron chi connectivity index (χ4n) is 1.34. The first-order chi connectivity index (χ1) is 7.11. The van der Waals surface area contributed by atoms with Gasteiger partial charge in [-0.05, 0) is 0 Å². The van der Waals surface area contributed by atoms with Gasteiger partial charge in [0.15, 0.2) is 23.1 Å². The summed E-state index contributed by atoms with van der Waals surface area (Å²) in [7, 11) is 0. The Morgan fingerprint density at radius 2 is 2.07 bits per heavy atom. The van der Waals surface area contributed by atoms with Gasteiger partial charge in [0.2, 0.25) is 0 Å². The summed E-state index contributed by atoms with van der Waals surface area (Å²) in [6, 6.07) is 0.899. The molecule has 0 saturated heterocycles. The number of hydrogen-bond donors (Lipinski definition) is 2. The van der Waals surface area contributed by atoms with E-state index in [0.717, 1.165) is 6.07 Å². The summed E-state index contributed by atoms with van der Waals surface area (Å²) in [4.78, 5) is 10.8. The van der Waals surface area contributed by atoms with Crippen LogP contribution in [0.15, 0.2) is 6.07 Å². The van der Waals surface area contributed by atoms with Gasteiger partial charge in [0.25, 0.3) is 0 Å². The van der Waals surface area contributed by atoms with E-state index in [1.54, 1.807) is 0 Å². The van der Waals surface area contributed by atoms with Crippen LogP contribution in [0.5, 0.6) is 17.2 Å². The lowest BCUT2D eigenvalue weighted by Crippen LogP contribution is -2.18. The highest BCUT2D eigenvalue weighted by atomic mass is 19.1. The molecule has 6 heteroatoms. The first-order valence-electron chi connectivity index (χ1n) is 4.15. The van der Waals surface area contributed by atoms with Gasteiger partial charge in [0, 0.05) is 6.07 Å². The fourth-order valence-corrected chi connectivity index (χ4v) is 1.34. The van der Waals surface area contributed by atoms with E-state index in [9.17, 15) is 14.3 Å². The van der Waals surface area contributed by atoms with Gasteiger partial charge in [0.1, 0.15) is 18.8 Å². The largest absolute Gasteiger partial charge is 0.504 e. The second kappa shape index (κ2) is 3.30. The first kappa shape index (κ1) is 9.57. The Labute approximate surface area is 83.7 Å². The Kier molecular flexibility index (Phi) is 2.11. The van der Waals surface area contributed by atoms with Crippen LogP contribution in [-0.2, 0) is 0 Å². The van der Waals surface area contributed by atoms with Gasteiger partial charge in [-0.2, -0.15) is 0 Å². The minimum absolute atomic E-state index is 0.00560. The zero-order valence-corrected chi connectivity index (χ0v) is 7.49. The number of aromatic hydroxyl groups is 1. The average molecular weight is 214 g/mol. The van der Waals surface area contributed by atoms with Crippen molar-refractivity contribution in [3.63, 3.8) is 0 Å². The Morgan fingerprint density at radius 3 is 2.73 bits per heavy atom. The van der Waals surface area contributed by atoms with E-state index in [1.165, 1.54) is 0 Å². The number of fused-ring (bicyclic) bond motifs is 1. The highest BCUT2D eigenvalue weighted by molar-refractivity contribution is 5.95. The van der Waals surface area contributed by atoms with Crippen molar-refractivity contribution in [1.29, 1.82) is 0 Å². The molecule has 2 N–H and O–H groups in total. The van der Waals surface area contributed by atoms with E-state index in [-0.39, 0.29) is 24.7 Å². The smallest absolute Gasteiger partial charge is 0.343 e. The van der Waals surface area contributed by atoms with Crippen molar-refractivity contribution in [2.75, 3.05) is 13.2 Å². The van der Waals surface area contributed by atoms with Gasteiger partial charge in [-0.1, -0.05) is 0 Å². The Bertz CT molecular complexity index is 429. The minimum atomic E-state index is -1.46. The van der Waals surface area contributed by atoms with E-state index >= 15 is 0 Å². The van der Waals surface area contributed by atoms with Crippen molar-refractivity contribution in [1.82, 2.24) is 0 Å². The molecule has 0 radical (unpaired) electrons. The topological polar surface area (TPSA) is 76.0 Å². The summed E-state index contributed by atoms with van der Waals surface area (Å²) in [6.07, 6.45) is 0. The van der Waals surface area contributed by atoms with Gasteiger partial charge < -0.3 is 19.7 Å². The number of carboxylic acid groups (broad SMARTS) is 1. The molecule has 80 valence electrons. The molecule has 0 aliphatic carbocycles. The number of hydrogen-bond acceptors (Lipinski definition) is 4. The van der Waals surface area contributed by atoms with Crippen LogP contribution >= 0.6 is 0 Å². The molecular formula is C9H7FO5. The van der Waals surface area contributed by atoms with Crippen LogP contribution in [0.3, 0.4) is 0 Å². The number of carbonyl (C=O) groups is 1. The zero-order chi connectivity index (χ0) is 11.0. The van der Waals surface area contributed by atoms with Gasteiger partial charge in [0.05, 0.1) is 0 Å². The lowest BCUT2D eigenvalue weighted by Gasteiger charge is -2.20. The second-order valence-corrected chi connectivity index (χ2v) is 2.91. The highest BCUT2D eigenvalue weighted by Crippen LogP contribution is 2.40. The maximum atomic E-state index is 13.1. The third-order valence-electron chi connectivity index (χ3n) is 1.97. The van der Waals surface area contributed by atoms with Crippen LogP contribution < -0.4 is 9.47 Å². The average Bonchev–Trinajstić information content (AvgIpc) is 2.19. The lowest BCUT2D eigenvalue weighted by molar-refractivity contribution is 0.0681. The normalized spacial score (nSPS) is 13.7. The molecule has 0 atom stereocenters. The molecule has 0 unspecified atom stereocenters. The number of aromatic carboxylic acids is 1. The van der Waals surface area contributed by atoms with Gasteiger partial charge >= 0.3 is 5.97 Å². The number of benzene rings is 1. The highest BCUT2D eigenvalue weighted by Gasteiger charge is 2.27. The van der Waals surface area contributed by atoms with Crippen LogP contribution in [0.1, 0.15) is 10.4 Å². The van der Waals surface area contributed by atoms with Crippen molar-refractivity contribution in [2.45, 2.75) is 0 Å². The summed E-state index contributed by atoms with van der Waals surface area (Å²) in [5.41, 5.74) is -0.607. The monoisotopic (exact) mass is 214 g/mol. The molecule has 1 aliphatic rings. The van der Waals surface area contributed by atoms with E-state index in [4.69, 9.17) is 14.6 Å². The van der Waals surface area contributed by atoms with E-state index in [2.05, 4.69) is 0 Å². The number of carboxylic acids is 1. The minimum Gasteiger partial charge on any atom is -0.504 e. The first-order valence-corrected chi connectivity index (χ1v) is 4.15. The number of phenols is 1. The standard InChI is InChI=1S/C9H7FO5/c10-4-3-5-8(15-2-1-14-5)6(7(4)11)9(12)13/h3,11H,1-2H2,(H,12,13). The van der Waals surface area contributed by atoms with Gasteiger partial charge in [-0.15, -0.1) is 0 Å². The number of ether oxygens (including phenoxy) is 2. The predicted octanol–water partition coefficient (Wildman–Crippen LogP) is 1.00. The Morgan fingerprint density at radius 1 is 1.40 bits per heavy atom. The van der Waals surface area contributed by atoms with Crippen LogP contribution in [0.25, 0.3) is 0 Å². The SMILES string of the molecule is O=C(O)c1c(O)c(F)cc2c1OCCO2. The molecule has 0 bridgehead atoms. The lowest BCUT2D eigenvalue weighted by atomic mass is 10.1. The maximum absolute atomic E-state index is 13.1. The molecule has 0 aromatic heterocycles. The van der Waals surface area contributed by atoms with Crippen LogP contribution in [-0.4, -0.2) is 29.4 Å². The van der Waals surface area contributed by atoms with Crippen molar-refractivity contribution in [3.05, 3.63) is 17.4 Å². The fraction of sp³-hybridized carbons (Fsp3) is 0.222. The number of rotatable bonds is 1. The summed E-state index contributed by atoms with van der Waals surface area (Å²) >= 11 is 0. The van der Waals surface area contributed by atoms with E-state index < -0.39 is 23.1 Å². The molecule has 15 heavy (non-hydrogen) atoms. The molecule has 1 aliphatic heterocycles. The van der Waals surface area contributed by atoms with Crippen molar-refractivity contribution in [2.24, 2.45) is 0 Å². The van der Waals surface area contributed by atoms with Crippen molar-refractivity contribution in [3.8, 4) is 17.2 Å². The zero-order valence-electron chi connectivity index (χ0n) is 7.49. The summed E-state index contributed by atoms with van der Waals surface area (Å²) in [6.45, 7) is 0.384. The molecule has 2 rings (SSSR count). The van der Waals surface area contributed by atoms with E-state index in [1.807, 2.05) is 0 Å². The molecule has 0 amide bonds. The molecule has 0 fully saturated rings. The molecule has 1 aromatic carbocycles. The predicted molar refractivity (Wildman–Crippen MR) is 46.0 cm³/mol. The summed E-state index contributed by atoms with van der Waals surface area (Å²) in [5.74, 6) is -3.58. The van der Waals surface area contributed by atoms with Crippen LogP contribution in [0.2, 0.25) is 0 Å². The second-order valence-electron chi connectivity index (χ2n) is 2.91. The Balaban J connectivity index is 2.68. The van der Waals surface area contributed by atoms with Crippen molar-refractivity contribution >= 4 is 5.97 Å². The third kappa shape index (κ3) is 1.43. The van der Waals surface area contributed by atoms with Crippen molar-refractivity contribution < 1.29 is 28.9 Å². The molecule has 5 nitrogen and oxygen atoms in total. The van der Waals surface area contributed by atoms with Gasteiger partial charge in [-0.25, -0.2) is 9.18 Å². The Hall–Kier alpha value is -1.98. The number of halogens is 1. The molecule has 1 heterocycles. The quantitative estimate of drug-likeness (QED) is 0.729. The summed E-state index contributed by atoms with van der Waals surface area (Å²) in [5, 5.41) is 18.0. The van der Waals surface area contributed by atoms with Crippen LogP contribution in [0, 0.1) is 5.82 Å². The van der Waals surface area contributed by atoms with Gasteiger partial charge in [-0.3, -0.25) is 0 Å². The molecule has 0 spiro atoms. The third-order valence-corrected chi connectivity index (χ3v) is 1.97. The summed E-state index contributed by atoms with van der Waals surface area (Å²) < 4.78 is 23.1. The molecular weight excluding hydrogens is 207 g/mol. The maximum Gasteiger partial charge on any atom is 0.343 e. The van der Waals surface area contributed by atoms with E-state index in [0.29, 0.717) is 0 Å².